The Bertz CT molecular complexity index is 1110. The van der Waals surface area contributed by atoms with E-state index in [0.29, 0.717) is 25.0 Å². The first-order valence-electron chi connectivity index (χ1n) is 10.6. The van der Waals surface area contributed by atoms with Crippen molar-refractivity contribution in [2.24, 2.45) is 0 Å². The molecular formula is C25H23F3N2O2. The predicted molar refractivity (Wildman–Crippen MR) is 114 cm³/mol. The van der Waals surface area contributed by atoms with E-state index < -0.39 is 18.1 Å². The Hall–Kier alpha value is -3.27. The van der Waals surface area contributed by atoms with Crippen molar-refractivity contribution in [3.05, 3.63) is 70.3 Å². The fraction of sp³-hybridized carbons (Fsp3) is 0.360. The van der Waals surface area contributed by atoms with Gasteiger partial charge in [0.15, 0.2) is 0 Å². The third kappa shape index (κ3) is 4.36. The van der Waals surface area contributed by atoms with Crippen LogP contribution in [0.3, 0.4) is 0 Å². The van der Waals surface area contributed by atoms with Gasteiger partial charge in [-0.1, -0.05) is 35.9 Å². The molecule has 0 saturated carbocycles. The maximum atomic E-state index is 12.9. The second-order valence-corrected chi connectivity index (χ2v) is 8.43. The van der Waals surface area contributed by atoms with Crippen LogP contribution in [-0.4, -0.2) is 18.7 Å². The molecule has 4 nitrogen and oxygen atoms in total. The number of hydrogen-bond acceptors (Lipinski definition) is 3. The maximum absolute atomic E-state index is 12.9. The van der Waals surface area contributed by atoms with Gasteiger partial charge in [-0.2, -0.15) is 18.4 Å². The van der Waals surface area contributed by atoms with Gasteiger partial charge in [0.05, 0.1) is 12.1 Å². The Morgan fingerprint density at radius 3 is 2.62 bits per heavy atom. The van der Waals surface area contributed by atoms with E-state index in [9.17, 15) is 23.2 Å². The third-order valence-corrected chi connectivity index (χ3v) is 6.16. The van der Waals surface area contributed by atoms with Crippen molar-refractivity contribution in [3.8, 4) is 11.8 Å². The number of nitrogens with zero attached hydrogens (tertiary/aromatic N) is 1. The lowest BCUT2D eigenvalue weighted by molar-refractivity contribution is -0.136. The van der Waals surface area contributed by atoms with Gasteiger partial charge in [0.25, 0.3) is 5.91 Å². The molecule has 1 aliphatic carbocycles. The standard InChI is InChI=1S/C25H23F3N2O2/c1-16-3-5-17(6-4-16)20-14-24(30-23(31)21(20)15-29)11-9-18-13-19(7-8-22(18)24)32-12-2-10-25(26,27)28/h3-8,13H,2,9-12,14H2,1H3,(H,30,31)/t24-/m0/s1. The van der Waals surface area contributed by atoms with Crippen molar-refractivity contribution >= 4 is 11.5 Å². The summed E-state index contributed by atoms with van der Waals surface area (Å²) < 4.78 is 42.4. The van der Waals surface area contributed by atoms with E-state index in [0.717, 1.165) is 27.8 Å². The molecule has 0 saturated heterocycles. The SMILES string of the molecule is Cc1ccc(C2=C(C#N)C(=O)N[C@@]3(CCc4cc(OCCCC(F)(F)F)ccc43)C2)cc1. The first-order valence-corrected chi connectivity index (χ1v) is 10.6. The number of nitriles is 1. The van der Waals surface area contributed by atoms with Crippen molar-refractivity contribution in [1.82, 2.24) is 5.32 Å². The van der Waals surface area contributed by atoms with Crippen LogP contribution in [0, 0.1) is 18.3 Å². The minimum atomic E-state index is -4.18. The molecule has 0 aromatic heterocycles. The highest BCUT2D eigenvalue weighted by Gasteiger charge is 2.45. The molecule has 2 aliphatic rings. The molecule has 166 valence electrons. The highest BCUT2D eigenvalue weighted by Crippen LogP contribution is 2.47. The maximum Gasteiger partial charge on any atom is 0.389 e. The fourth-order valence-electron chi connectivity index (χ4n) is 4.56. The van der Waals surface area contributed by atoms with Gasteiger partial charge < -0.3 is 10.1 Å². The van der Waals surface area contributed by atoms with Gasteiger partial charge in [-0.05, 0) is 60.6 Å². The lowest BCUT2D eigenvalue weighted by atomic mass is 9.78. The van der Waals surface area contributed by atoms with Crippen LogP contribution in [0.4, 0.5) is 13.2 Å². The fourth-order valence-corrected chi connectivity index (χ4v) is 4.56. The van der Waals surface area contributed by atoms with Crippen LogP contribution in [0.2, 0.25) is 0 Å². The number of alkyl halides is 3. The van der Waals surface area contributed by atoms with Crippen molar-refractivity contribution in [3.63, 3.8) is 0 Å². The Balaban J connectivity index is 1.57. The van der Waals surface area contributed by atoms with Crippen LogP contribution < -0.4 is 10.1 Å². The number of rotatable bonds is 5. The van der Waals surface area contributed by atoms with E-state index in [2.05, 4.69) is 11.4 Å². The second-order valence-electron chi connectivity index (χ2n) is 8.43. The van der Waals surface area contributed by atoms with E-state index in [4.69, 9.17) is 4.74 Å². The number of amides is 1. The molecule has 2 aromatic carbocycles. The summed E-state index contributed by atoms with van der Waals surface area (Å²) in [6.07, 6.45) is -3.26. The molecule has 32 heavy (non-hydrogen) atoms. The lowest BCUT2D eigenvalue weighted by Gasteiger charge is -2.37. The third-order valence-electron chi connectivity index (χ3n) is 6.16. The van der Waals surface area contributed by atoms with Crippen LogP contribution >= 0.6 is 0 Å². The number of aryl methyl sites for hydroxylation is 2. The van der Waals surface area contributed by atoms with E-state index in [1.165, 1.54) is 0 Å². The van der Waals surface area contributed by atoms with Gasteiger partial charge in [0, 0.05) is 12.8 Å². The van der Waals surface area contributed by atoms with E-state index in [-0.39, 0.29) is 24.5 Å². The number of hydrogen-bond donors (Lipinski definition) is 1. The summed E-state index contributed by atoms with van der Waals surface area (Å²) in [5.74, 6) is 0.145. The first-order chi connectivity index (χ1) is 15.2. The molecule has 0 unspecified atom stereocenters. The molecule has 1 amide bonds. The quantitative estimate of drug-likeness (QED) is 0.637. The van der Waals surface area contributed by atoms with Crippen LogP contribution in [0.5, 0.6) is 5.75 Å². The van der Waals surface area contributed by atoms with E-state index in [1.54, 1.807) is 6.07 Å². The number of ether oxygens (including phenoxy) is 1. The van der Waals surface area contributed by atoms with Gasteiger partial charge >= 0.3 is 6.18 Å². The van der Waals surface area contributed by atoms with Gasteiger partial charge in [-0.3, -0.25) is 4.79 Å². The minimum Gasteiger partial charge on any atom is -0.494 e. The van der Waals surface area contributed by atoms with Gasteiger partial charge in [-0.25, -0.2) is 0 Å². The van der Waals surface area contributed by atoms with E-state index >= 15 is 0 Å². The van der Waals surface area contributed by atoms with Crippen molar-refractivity contribution in [1.29, 1.82) is 5.26 Å². The largest absolute Gasteiger partial charge is 0.494 e. The molecule has 1 spiro atoms. The molecule has 7 heteroatoms. The zero-order valence-electron chi connectivity index (χ0n) is 17.7. The molecule has 0 fully saturated rings. The van der Waals surface area contributed by atoms with Crippen molar-refractivity contribution in [2.45, 2.75) is 50.7 Å². The summed E-state index contributed by atoms with van der Waals surface area (Å²) >= 11 is 0. The molecule has 4 rings (SSSR count). The average Bonchev–Trinajstić information content (AvgIpc) is 3.08. The summed E-state index contributed by atoms with van der Waals surface area (Å²) in [5.41, 5.74) is 4.18. The summed E-state index contributed by atoms with van der Waals surface area (Å²) in [6, 6.07) is 15.3. The number of nitrogens with one attached hydrogen (secondary N) is 1. The number of carbonyl (C=O) groups excluding carboxylic acids is 1. The summed E-state index contributed by atoms with van der Waals surface area (Å²) in [4.78, 5) is 12.9. The molecule has 1 N–H and O–H groups in total. The smallest absolute Gasteiger partial charge is 0.389 e. The Morgan fingerprint density at radius 1 is 1.19 bits per heavy atom. The van der Waals surface area contributed by atoms with Crippen LogP contribution in [0.15, 0.2) is 48.0 Å². The van der Waals surface area contributed by atoms with Crippen LogP contribution in [0.1, 0.15) is 47.9 Å². The Labute approximate surface area is 184 Å². The normalized spacial score (nSPS) is 20.2. The number of fused-ring (bicyclic) bond motifs is 2. The monoisotopic (exact) mass is 440 g/mol. The number of halogens is 3. The zero-order chi connectivity index (χ0) is 22.9. The molecule has 1 aliphatic heterocycles. The number of benzene rings is 2. The van der Waals surface area contributed by atoms with E-state index in [1.807, 2.05) is 43.3 Å². The summed E-state index contributed by atoms with van der Waals surface area (Å²) in [7, 11) is 0. The topological polar surface area (TPSA) is 62.1 Å². The molecule has 0 bridgehead atoms. The number of carbonyl (C=O) groups is 1. The van der Waals surface area contributed by atoms with Crippen molar-refractivity contribution in [2.75, 3.05) is 6.61 Å². The molecule has 0 radical (unpaired) electrons. The predicted octanol–water partition coefficient (Wildman–Crippen LogP) is 5.36. The molecule has 1 heterocycles. The summed E-state index contributed by atoms with van der Waals surface area (Å²) in [5, 5.41) is 12.7. The molecule has 2 aromatic rings. The highest BCUT2D eigenvalue weighted by molar-refractivity contribution is 6.07. The van der Waals surface area contributed by atoms with Gasteiger partial charge in [0.1, 0.15) is 17.4 Å². The van der Waals surface area contributed by atoms with Crippen LogP contribution in [-0.2, 0) is 16.8 Å². The van der Waals surface area contributed by atoms with Crippen LogP contribution in [0.25, 0.3) is 5.57 Å². The van der Waals surface area contributed by atoms with Crippen molar-refractivity contribution < 1.29 is 22.7 Å². The highest BCUT2D eigenvalue weighted by atomic mass is 19.4. The Kier molecular flexibility index (Phi) is 5.72. The second kappa shape index (κ2) is 8.34. The molecular weight excluding hydrogens is 417 g/mol. The first kappa shape index (κ1) is 21.9. The average molecular weight is 440 g/mol. The summed E-state index contributed by atoms with van der Waals surface area (Å²) in [6.45, 7) is 1.97. The van der Waals surface area contributed by atoms with Gasteiger partial charge in [-0.15, -0.1) is 0 Å². The van der Waals surface area contributed by atoms with Gasteiger partial charge in [0.2, 0.25) is 0 Å². The zero-order valence-corrected chi connectivity index (χ0v) is 17.7. The lowest BCUT2D eigenvalue weighted by Crippen LogP contribution is -2.48. The Morgan fingerprint density at radius 2 is 1.94 bits per heavy atom. The molecule has 1 atom stereocenters. The minimum absolute atomic E-state index is 0.00792.